The lowest BCUT2D eigenvalue weighted by molar-refractivity contribution is -0.153. The second-order valence-corrected chi connectivity index (χ2v) is 6.65. The van der Waals surface area contributed by atoms with Crippen molar-refractivity contribution in [3.63, 3.8) is 0 Å². The van der Waals surface area contributed by atoms with E-state index in [4.69, 9.17) is 13.9 Å². The van der Waals surface area contributed by atoms with E-state index in [1.807, 2.05) is 5.43 Å². The van der Waals surface area contributed by atoms with Gasteiger partial charge in [-0.1, -0.05) is 0 Å². The van der Waals surface area contributed by atoms with E-state index < -0.39 is 17.8 Å². The lowest BCUT2D eigenvalue weighted by Gasteiger charge is -2.20. The molecule has 31 heavy (non-hydrogen) atoms. The number of carbonyl (C=O) groups is 4. The van der Waals surface area contributed by atoms with Gasteiger partial charge in [0.05, 0.1) is 14.2 Å². The fraction of sp³-hybridized carbons (Fsp3) is 0.667. The van der Waals surface area contributed by atoms with E-state index in [0.717, 1.165) is 20.0 Å². The molecular formula is C18H26N4O9. The maximum absolute atomic E-state index is 11.5. The molecule has 0 aromatic carbocycles. The Labute approximate surface area is 178 Å². The number of nitrogens with one attached hydrogen (secondary N) is 2. The van der Waals surface area contributed by atoms with Crippen LogP contribution in [0.1, 0.15) is 48.2 Å². The Morgan fingerprint density at radius 2 is 1.48 bits per heavy atom. The lowest BCUT2D eigenvalue weighted by Crippen LogP contribution is -2.48. The molecule has 0 aliphatic carbocycles. The summed E-state index contributed by atoms with van der Waals surface area (Å²) in [7, 11) is 2.36. The zero-order chi connectivity index (χ0) is 22.6. The Morgan fingerprint density at radius 3 is 2.06 bits per heavy atom. The number of aromatic nitrogens is 2. The quantitative estimate of drug-likeness (QED) is 0.351. The molecule has 3 rings (SSSR count). The van der Waals surface area contributed by atoms with E-state index in [1.165, 1.54) is 7.11 Å². The number of hydrogen-bond donors (Lipinski definition) is 2. The van der Waals surface area contributed by atoms with Crippen LogP contribution in [0, 0.1) is 5.92 Å². The third-order valence-electron chi connectivity index (χ3n) is 4.63. The van der Waals surface area contributed by atoms with Crippen molar-refractivity contribution in [2.75, 3.05) is 40.6 Å². The van der Waals surface area contributed by atoms with E-state index in [0.29, 0.717) is 45.2 Å². The summed E-state index contributed by atoms with van der Waals surface area (Å²) in [6, 6.07) is 0. The van der Waals surface area contributed by atoms with Gasteiger partial charge in [-0.2, -0.15) is 0 Å². The molecular weight excluding hydrogens is 416 g/mol. The molecule has 2 N–H and O–H groups in total. The molecule has 3 heterocycles. The van der Waals surface area contributed by atoms with Crippen LogP contribution in [-0.4, -0.2) is 74.6 Å². The van der Waals surface area contributed by atoms with Gasteiger partial charge in [-0.15, -0.1) is 10.2 Å². The van der Waals surface area contributed by atoms with Crippen LogP contribution in [0.5, 0.6) is 0 Å². The van der Waals surface area contributed by atoms with Crippen molar-refractivity contribution < 1.29 is 42.5 Å². The second kappa shape index (κ2) is 12.6. The van der Waals surface area contributed by atoms with Crippen molar-refractivity contribution in [1.29, 1.82) is 0 Å². The van der Waals surface area contributed by atoms with Gasteiger partial charge < -0.3 is 23.4 Å². The van der Waals surface area contributed by atoms with Gasteiger partial charge in [-0.3, -0.25) is 20.4 Å². The number of hydrazine groups is 1. The van der Waals surface area contributed by atoms with Crippen LogP contribution in [0.2, 0.25) is 0 Å². The van der Waals surface area contributed by atoms with Crippen molar-refractivity contribution in [1.82, 2.24) is 21.0 Å². The van der Waals surface area contributed by atoms with Crippen molar-refractivity contribution >= 4 is 23.8 Å². The molecule has 1 aromatic rings. The minimum atomic E-state index is -1.05. The normalized spacial score (nSPS) is 17.0. The Bertz CT molecular complexity index is 755. The van der Waals surface area contributed by atoms with Gasteiger partial charge in [0.2, 0.25) is 11.8 Å². The van der Waals surface area contributed by atoms with Gasteiger partial charge >= 0.3 is 23.7 Å². The predicted molar refractivity (Wildman–Crippen MR) is 100 cm³/mol. The first-order valence-electron chi connectivity index (χ1n) is 9.71. The Kier molecular flexibility index (Phi) is 9.84. The molecule has 0 atom stereocenters. The van der Waals surface area contributed by atoms with Gasteiger partial charge in [-0.05, 0) is 25.7 Å². The molecule has 0 spiro atoms. The molecule has 13 nitrogen and oxygen atoms in total. The Morgan fingerprint density at radius 1 is 0.871 bits per heavy atom. The van der Waals surface area contributed by atoms with Crippen LogP contribution < -0.4 is 10.9 Å². The number of amides is 2. The Balaban J connectivity index is 0.000000220. The second-order valence-electron chi connectivity index (χ2n) is 6.65. The summed E-state index contributed by atoms with van der Waals surface area (Å²) in [6.45, 7) is 2.45. The highest BCUT2D eigenvalue weighted by atomic mass is 16.5. The maximum Gasteiger partial charge on any atom is 0.398 e. The van der Waals surface area contributed by atoms with E-state index in [9.17, 15) is 19.2 Å². The van der Waals surface area contributed by atoms with Crippen LogP contribution in [-0.2, 0) is 33.3 Å². The number of rotatable bonds is 3. The zero-order valence-corrected chi connectivity index (χ0v) is 17.4. The molecule has 0 bridgehead atoms. The molecule has 2 amide bonds. The van der Waals surface area contributed by atoms with E-state index >= 15 is 0 Å². The van der Waals surface area contributed by atoms with Gasteiger partial charge in [0.25, 0.3) is 0 Å². The van der Waals surface area contributed by atoms with Crippen molar-refractivity contribution in [3.05, 3.63) is 11.8 Å². The molecule has 2 aliphatic rings. The maximum atomic E-state index is 11.5. The fourth-order valence-corrected chi connectivity index (χ4v) is 2.84. The van der Waals surface area contributed by atoms with Crippen LogP contribution in [0.4, 0.5) is 0 Å². The first kappa shape index (κ1) is 24.2. The number of esters is 2. The molecule has 2 saturated heterocycles. The van der Waals surface area contributed by atoms with E-state index in [2.05, 4.69) is 25.1 Å². The first-order valence-corrected chi connectivity index (χ1v) is 9.71. The minimum Gasteiger partial charge on any atom is -0.462 e. The topological polar surface area (TPSA) is 168 Å². The molecule has 1 aromatic heterocycles. The van der Waals surface area contributed by atoms with Crippen molar-refractivity contribution in [2.45, 2.75) is 31.6 Å². The largest absolute Gasteiger partial charge is 0.462 e. The highest BCUT2D eigenvalue weighted by Gasteiger charge is 2.24. The predicted octanol–water partition coefficient (Wildman–Crippen LogP) is -0.516. The summed E-state index contributed by atoms with van der Waals surface area (Å²) in [4.78, 5) is 44.2. The molecule has 2 aliphatic heterocycles. The summed E-state index contributed by atoms with van der Waals surface area (Å²) in [5.41, 5.74) is 4.15. The van der Waals surface area contributed by atoms with Crippen LogP contribution >= 0.6 is 0 Å². The van der Waals surface area contributed by atoms with Gasteiger partial charge in [-0.25, -0.2) is 9.59 Å². The molecule has 0 radical (unpaired) electrons. The SMILES string of the molecule is COC(=O)C(=O)NNC(=O)C1CCOCC1.COC(=O)c1nnc(C2CCOCC2)o1. The highest BCUT2D eigenvalue weighted by molar-refractivity contribution is 6.32. The van der Waals surface area contributed by atoms with Gasteiger partial charge in [0.15, 0.2) is 0 Å². The first-order chi connectivity index (χ1) is 15.0. The summed E-state index contributed by atoms with van der Waals surface area (Å²) in [5.74, 6) is -2.54. The smallest absolute Gasteiger partial charge is 0.398 e. The molecule has 2 fully saturated rings. The number of nitrogens with zero attached hydrogens (tertiary/aromatic N) is 2. The standard InChI is InChI=1S/C9H14N2O5.C9H12N2O4/c1-15-9(14)8(13)11-10-7(12)6-2-4-16-5-3-6;1-13-9(12)8-11-10-7(15-8)6-2-4-14-5-3-6/h6H,2-5H2,1H3,(H,10,12)(H,11,13);6H,2-5H2,1H3. The summed E-state index contributed by atoms with van der Waals surface area (Å²) in [5, 5.41) is 7.47. The van der Waals surface area contributed by atoms with E-state index in [-0.39, 0.29) is 23.6 Å². The van der Waals surface area contributed by atoms with Crippen LogP contribution in [0.15, 0.2) is 4.42 Å². The third kappa shape index (κ3) is 7.61. The average Bonchev–Trinajstić information content (AvgIpc) is 3.33. The number of ether oxygens (including phenoxy) is 4. The number of carbonyl (C=O) groups excluding carboxylic acids is 4. The molecule has 172 valence electrons. The zero-order valence-electron chi connectivity index (χ0n) is 17.4. The molecule has 0 saturated carbocycles. The fourth-order valence-electron chi connectivity index (χ4n) is 2.84. The van der Waals surface area contributed by atoms with Crippen LogP contribution in [0.3, 0.4) is 0 Å². The minimum absolute atomic E-state index is 0.0843. The lowest BCUT2D eigenvalue weighted by atomic mass is 10.00. The number of methoxy groups -OCH3 is 2. The summed E-state index contributed by atoms with van der Waals surface area (Å²) in [6.07, 6.45) is 2.92. The molecule has 0 unspecified atom stereocenters. The van der Waals surface area contributed by atoms with Crippen molar-refractivity contribution in [2.24, 2.45) is 5.92 Å². The number of hydrogen-bond acceptors (Lipinski definition) is 11. The van der Waals surface area contributed by atoms with Crippen LogP contribution in [0.25, 0.3) is 0 Å². The molecule has 13 heteroatoms. The third-order valence-corrected chi connectivity index (χ3v) is 4.63. The monoisotopic (exact) mass is 442 g/mol. The Hall–Kier alpha value is -3.06. The average molecular weight is 442 g/mol. The summed E-state index contributed by atoms with van der Waals surface area (Å²) >= 11 is 0. The highest BCUT2D eigenvalue weighted by Crippen LogP contribution is 2.25. The summed E-state index contributed by atoms with van der Waals surface area (Å²) < 4.78 is 24.2. The van der Waals surface area contributed by atoms with E-state index in [1.54, 1.807) is 0 Å². The van der Waals surface area contributed by atoms with Gasteiger partial charge in [0, 0.05) is 38.3 Å². The van der Waals surface area contributed by atoms with Crippen molar-refractivity contribution in [3.8, 4) is 0 Å². The van der Waals surface area contributed by atoms with Gasteiger partial charge in [0.1, 0.15) is 0 Å².